The van der Waals surface area contributed by atoms with Gasteiger partial charge in [0.25, 0.3) is 0 Å². The summed E-state index contributed by atoms with van der Waals surface area (Å²) in [6.07, 6.45) is 1.51. The van der Waals surface area contributed by atoms with Crippen LogP contribution in [0.2, 0.25) is 0 Å². The van der Waals surface area contributed by atoms with Crippen LogP contribution in [0, 0.1) is 23.7 Å². The van der Waals surface area contributed by atoms with Gasteiger partial charge >= 0.3 is 11.9 Å². The number of carbonyl (C=O) groups excluding carboxylic acids is 2. The third kappa shape index (κ3) is 3.48. The van der Waals surface area contributed by atoms with Gasteiger partial charge in [-0.15, -0.1) is 0 Å². The summed E-state index contributed by atoms with van der Waals surface area (Å²) in [6, 6.07) is 18.0. The van der Waals surface area contributed by atoms with E-state index in [2.05, 4.69) is 27.7 Å². The first-order valence-corrected chi connectivity index (χ1v) is 12.5. The van der Waals surface area contributed by atoms with Gasteiger partial charge in [-0.05, 0) is 55.4 Å². The van der Waals surface area contributed by atoms with Crippen LogP contribution in [0.3, 0.4) is 0 Å². The summed E-state index contributed by atoms with van der Waals surface area (Å²) < 4.78 is 19.3. The van der Waals surface area contributed by atoms with Gasteiger partial charge in [0.05, 0.1) is 22.3 Å². The molecule has 0 radical (unpaired) electrons. The molecule has 34 heavy (non-hydrogen) atoms. The van der Waals surface area contributed by atoms with Crippen molar-refractivity contribution in [2.24, 2.45) is 23.7 Å². The number of hydrogen-bond donors (Lipinski definition) is 0. The molecule has 6 unspecified atom stereocenters. The largest absolute Gasteiger partial charge is 0.455 e. The monoisotopic (exact) mass is 462 g/mol. The van der Waals surface area contributed by atoms with Crippen LogP contribution in [0.5, 0.6) is 0 Å². The molecule has 2 aromatic carbocycles. The third-order valence-corrected chi connectivity index (χ3v) is 8.59. The van der Waals surface area contributed by atoms with E-state index in [0.717, 1.165) is 12.8 Å². The van der Waals surface area contributed by atoms with Gasteiger partial charge < -0.3 is 14.2 Å². The molecular formula is C29H34O5. The molecule has 0 spiro atoms. The van der Waals surface area contributed by atoms with E-state index < -0.39 is 12.2 Å². The van der Waals surface area contributed by atoms with E-state index in [-0.39, 0.29) is 40.9 Å². The first-order valence-electron chi connectivity index (χ1n) is 12.5. The van der Waals surface area contributed by atoms with E-state index in [1.165, 1.54) is 0 Å². The summed E-state index contributed by atoms with van der Waals surface area (Å²) in [5.74, 6) is -0.0263. The Kier molecular flexibility index (Phi) is 5.79. The molecule has 0 amide bonds. The van der Waals surface area contributed by atoms with Crippen molar-refractivity contribution in [2.45, 2.75) is 70.4 Å². The quantitative estimate of drug-likeness (QED) is 0.516. The molecule has 6 atom stereocenters. The zero-order valence-electron chi connectivity index (χ0n) is 20.4. The van der Waals surface area contributed by atoms with Gasteiger partial charge in [0.1, 0.15) is 12.2 Å². The van der Waals surface area contributed by atoms with Crippen molar-refractivity contribution in [2.75, 3.05) is 0 Å². The topological polar surface area (TPSA) is 61.8 Å². The SMILES string of the molecule is CC(C)C12CCC(C(C)C)(O1)C1C(OC(=O)c3ccccc3)C(OC(=O)c3ccccc3)CC12. The predicted molar refractivity (Wildman–Crippen MR) is 128 cm³/mol. The van der Waals surface area contributed by atoms with Crippen LogP contribution in [0.1, 0.15) is 67.7 Å². The minimum Gasteiger partial charge on any atom is -0.455 e. The summed E-state index contributed by atoms with van der Waals surface area (Å²) in [7, 11) is 0. The maximum atomic E-state index is 13.2. The normalized spacial score (nSPS) is 33.8. The number of carbonyl (C=O) groups is 2. The maximum Gasteiger partial charge on any atom is 0.338 e. The van der Waals surface area contributed by atoms with Gasteiger partial charge in [0.15, 0.2) is 0 Å². The highest BCUT2D eigenvalue weighted by atomic mass is 16.6. The lowest BCUT2D eigenvalue weighted by molar-refractivity contribution is -0.134. The van der Waals surface area contributed by atoms with E-state index in [4.69, 9.17) is 14.2 Å². The van der Waals surface area contributed by atoms with E-state index in [0.29, 0.717) is 23.5 Å². The van der Waals surface area contributed by atoms with Gasteiger partial charge in [-0.1, -0.05) is 64.1 Å². The Morgan fingerprint density at radius 2 is 1.29 bits per heavy atom. The Balaban J connectivity index is 1.51. The lowest BCUT2D eigenvalue weighted by Gasteiger charge is -2.40. The molecule has 2 aliphatic heterocycles. The maximum absolute atomic E-state index is 13.2. The highest BCUT2D eigenvalue weighted by Crippen LogP contribution is 2.68. The molecule has 5 nitrogen and oxygen atoms in total. The average Bonchev–Trinajstić information content (AvgIpc) is 3.50. The number of esters is 2. The fourth-order valence-electron chi connectivity index (χ4n) is 6.89. The molecule has 1 aliphatic carbocycles. The minimum atomic E-state index is -0.548. The number of fused-ring (bicyclic) bond motifs is 5. The number of ether oxygens (including phenoxy) is 3. The molecule has 2 bridgehead atoms. The van der Waals surface area contributed by atoms with Crippen molar-refractivity contribution in [3.8, 4) is 0 Å². The summed E-state index contributed by atoms with van der Waals surface area (Å²) in [5.41, 5.74) is 0.342. The van der Waals surface area contributed by atoms with E-state index >= 15 is 0 Å². The fourth-order valence-corrected chi connectivity index (χ4v) is 6.89. The van der Waals surface area contributed by atoms with E-state index in [1.807, 2.05) is 36.4 Å². The van der Waals surface area contributed by atoms with Crippen molar-refractivity contribution < 1.29 is 23.8 Å². The van der Waals surface area contributed by atoms with E-state index in [9.17, 15) is 9.59 Å². The van der Waals surface area contributed by atoms with Crippen molar-refractivity contribution in [3.05, 3.63) is 71.8 Å². The van der Waals surface area contributed by atoms with Crippen molar-refractivity contribution in [1.29, 1.82) is 0 Å². The molecular weight excluding hydrogens is 428 g/mol. The van der Waals surface area contributed by atoms with Gasteiger partial charge in [0.2, 0.25) is 0 Å². The van der Waals surface area contributed by atoms with Crippen molar-refractivity contribution in [3.63, 3.8) is 0 Å². The first kappa shape index (κ1) is 23.1. The Morgan fingerprint density at radius 3 is 1.82 bits per heavy atom. The summed E-state index contributed by atoms with van der Waals surface area (Å²) in [4.78, 5) is 26.2. The second-order valence-electron chi connectivity index (χ2n) is 10.7. The Bertz CT molecular complexity index is 1050. The minimum absolute atomic E-state index is 0.00937. The number of hydrogen-bond acceptors (Lipinski definition) is 5. The molecule has 2 heterocycles. The summed E-state index contributed by atoms with van der Waals surface area (Å²) in [6.45, 7) is 8.82. The lowest BCUT2D eigenvalue weighted by atomic mass is 9.62. The Hall–Kier alpha value is -2.66. The number of rotatable bonds is 6. The second-order valence-corrected chi connectivity index (χ2v) is 10.7. The van der Waals surface area contributed by atoms with Crippen LogP contribution < -0.4 is 0 Å². The van der Waals surface area contributed by atoms with Crippen molar-refractivity contribution >= 4 is 11.9 Å². The average molecular weight is 463 g/mol. The molecule has 0 aromatic heterocycles. The molecule has 2 saturated heterocycles. The van der Waals surface area contributed by atoms with Gasteiger partial charge in [-0.25, -0.2) is 9.59 Å². The predicted octanol–water partition coefficient (Wildman–Crippen LogP) is 5.69. The third-order valence-electron chi connectivity index (χ3n) is 8.59. The smallest absolute Gasteiger partial charge is 0.338 e. The molecule has 180 valence electrons. The fraction of sp³-hybridized carbons (Fsp3) is 0.517. The lowest BCUT2D eigenvalue weighted by Crippen LogP contribution is -2.49. The van der Waals surface area contributed by atoms with Crippen LogP contribution >= 0.6 is 0 Å². The first-order chi connectivity index (χ1) is 16.3. The molecule has 3 aliphatic rings. The summed E-state index contributed by atoms with van der Waals surface area (Å²) >= 11 is 0. The van der Waals surface area contributed by atoms with Crippen LogP contribution in [0.4, 0.5) is 0 Å². The Morgan fingerprint density at radius 1 is 0.794 bits per heavy atom. The van der Waals surface area contributed by atoms with Crippen LogP contribution in [-0.2, 0) is 14.2 Å². The van der Waals surface area contributed by atoms with E-state index in [1.54, 1.807) is 24.3 Å². The molecule has 1 saturated carbocycles. The van der Waals surface area contributed by atoms with Crippen LogP contribution in [0.25, 0.3) is 0 Å². The van der Waals surface area contributed by atoms with Gasteiger partial charge in [0, 0.05) is 11.8 Å². The van der Waals surface area contributed by atoms with Crippen LogP contribution in [0.15, 0.2) is 60.7 Å². The number of benzene rings is 2. The molecule has 5 heteroatoms. The Labute approximate surface area is 201 Å². The highest BCUT2D eigenvalue weighted by Gasteiger charge is 2.74. The molecule has 3 fully saturated rings. The summed E-state index contributed by atoms with van der Waals surface area (Å²) in [5, 5.41) is 0. The van der Waals surface area contributed by atoms with Gasteiger partial charge in [-0.3, -0.25) is 0 Å². The molecule has 0 N–H and O–H groups in total. The zero-order valence-corrected chi connectivity index (χ0v) is 20.4. The van der Waals surface area contributed by atoms with Crippen molar-refractivity contribution in [1.82, 2.24) is 0 Å². The highest BCUT2D eigenvalue weighted by molar-refractivity contribution is 5.90. The molecule has 2 aromatic rings. The van der Waals surface area contributed by atoms with Gasteiger partial charge in [-0.2, -0.15) is 0 Å². The van der Waals surface area contributed by atoms with Crippen LogP contribution in [-0.4, -0.2) is 35.3 Å². The zero-order chi connectivity index (χ0) is 24.1. The molecule has 5 rings (SSSR count). The second kappa shape index (κ2) is 8.53. The standard InChI is InChI=1S/C29H34O5/c1-18(2)28-15-16-29(34-28,19(3)4)24-22(28)17-23(32-26(30)20-11-7-5-8-12-20)25(24)33-27(31)21-13-9-6-10-14-21/h5-14,18-19,22-25H,15-17H2,1-4H3.